The number of pyridine rings is 1. The van der Waals surface area contributed by atoms with Crippen molar-refractivity contribution in [2.75, 3.05) is 0 Å². The van der Waals surface area contributed by atoms with Crippen LogP contribution < -0.4 is 0 Å². The minimum atomic E-state index is 0.351. The largest absolute Gasteiger partial charge is 0.250 e. The Bertz CT molecular complexity index is 440. The van der Waals surface area contributed by atoms with Crippen LogP contribution in [0.15, 0.2) is 30.3 Å². The van der Waals surface area contributed by atoms with Gasteiger partial charge in [-0.05, 0) is 12.1 Å². The van der Waals surface area contributed by atoms with Crippen LogP contribution in [-0.4, -0.2) is 4.98 Å². The summed E-state index contributed by atoms with van der Waals surface area (Å²) in [4.78, 5) is 4.33. The van der Waals surface area contributed by atoms with Gasteiger partial charge in [0.2, 0.25) is 0 Å². The maximum atomic E-state index is 5.96. The van der Waals surface area contributed by atoms with Crippen molar-refractivity contribution < 1.29 is 0 Å². The second kappa shape index (κ2) is 3.52. The number of nitrogens with zero attached hydrogens (tertiary/aromatic N) is 1. The van der Waals surface area contributed by atoms with Crippen LogP contribution in [0.3, 0.4) is 0 Å². The number of benzene rings is 1. The molecule has 0 N–H and O–H groups in total. The zero-order valence-electron chi connectivity index (χ0n) is 6.80. The van der Waals surface area contributed by atoms with E-state index >= 15 is 0 Å². The molecule has 1 nitrogen and oxygen atoms in total. The van der Waals surface area contributed by atoms with E-state index in [1.807, 2.05) is 30.3 Å². The van der Waals surface area contributed by atoms with E-state index in [-0.39, 0.29) is 0 Å². The minimum Gasteiger partial charge on any atom is -0.250 e. The van der Waals surface area contributed by atoms with Crippen molar-refractivity contribution in [3.05, 3.63) is 41.0 Å². The van der Waals surface area contributed by atoms with Crippen molar-refractivity contribution in [3.8, 4) is 0 Å². The lowest BCUT2D eigenvalue weighted by Crippen LogP contribution is -1.87. The summed E-state index contributed by atoms with van der Waals surface area (Å²) in [5, 5.41) is 1.68. The fourth-order valence-corrected chi connectivity index (χ4v) is 1.72. The molecule has 0 bridgehead atoms. The van der Waals surface area contributed by atoms with Crippen LogP contribution in [0.2, 0.25) is 5.02 Å². The van der Waals surface area contributed by atoms with Gasteiger partial charge in [0.15, 0.2) is 0 Å². The van der Waals surface area contributed by atoms with E-state index in [4.69, 9.17) is 23.2 Å². The van der Waals surface area contributed by atoms with Crippen LogP contribution >= 0.6 is 23.2 Å². The third kappa shape index (κ3) is 1.62. The highest BCUT2D eigenvalue weighted by Gasteiger charge is 2.02. The first-order chi connectivity index (χ1) is 6.31. The van der Waals surface area contributed by atoms with Crippen LogP contribution in [0.1, 0.15) is 5.69 Å². The highest BCUT2D eigenvalue weighted by atomic mass is 35.5. The van der Waals surface area contributed by atoms with Crippen LogP contribution in [-0.2, 0) is 5.88 Å². The molecular formula is C10H7Cl2N. The fraction of sp³-hybridized carbons (Fsp3) is 0.100. The third-order valence-electron chi connectivity index (χ3n) is 1.88. The lowest BCUT2D eigenvalue weighted by atomic mass is 10.2. The standard InChI is InChI=1S/C10H7Cl2N/c11-6-10-8(12)5-7-3-1-2-4-9(7)13-10/h1-5H,6H2. The first-order valence-corrected chi connectivity index (χ1v) is 4.82. The first-order valence-electron chi connectivity index (χ1n) is 3.91. The summed E-state index contributed by atoms with van der Waals surface area (Å²) in [6.07, 6.45) is 0. The van der Waals surface area contributed by atoms with Gasteiger partial charge in [0.05, 0.1) is 22.1 Å². The topological polar surface area (TPSA) is 12.9 Å². The lowest BCUT2D eigenvalue weighted by molar-refractivity contribution is 1.22. The van der Waals surface area contributed by atoms with Crippen molar-refractivity contribution >= 4 is 34.1 Å². The van der Waals surface area contributed by atoms with Gasteiger partial charge in [-0.15, -0.1) is 11.6 Å². The van der Waals surface area contributed by atoms with Crippen molar-refractivity contribution in [1.82, 2.24) is 4.98 Å². The van der Waals surface area contributed by atoms with Gasteiger partial charge in [-0.1, -0.05) is 29.8 Å². The number of para-hydroxylation sites is 1. The number of fused-ring (bicyclic) bond motifs is 1. The van der Waals surface area contributed by atoms with Gasteiger partial charge in [-0.25, -0.2) is 0 Å². The van der Waals surface area contributed by atoms with Crippen LogP contribution in [0.4, 0.5) is 0 Å². The molecule has 13 heavy (non-hydrogen) atoms. The number of hydrogen-bond donors (Lipinski definition) is 0. The molecule has 0 unspecified atom stereocenters. The zero-order chi connectivity index (χ0) is 9.26. The highest BCUT2D eigenvalue weighted by molar-refractivity contribution is 6.32. The molecule has 1 aromatic heterocycles. The van der Waals surface area contributed by atoms with Gasteiger partial charge in [0.25, 0.3) is 0 Å². The Morgan fingerprint density at radius 3 is 2.77 bits per heavy atom. The number of alkyl halides is 1. The Morgan fingerprint density at radius 2 is 2.00 bits per heavy atom. The summed E-state index contributed by atoms with van der Waals surface area (Å²) in [6, 6.07) is 9.72. The maximum absolute atomic E-state index is 5.96. The van der Waals surface area contributed by atoms with E-state index in [9.17, 15) is 0 Å². The minimum absolute atomic E-state index is 0.351. The molecule has 0 aliphatic rings. The molecule has 0 saturated carbocycles. The van der Waals surface area contributed by atoms with Crippen LogP contribution in [0.5, 0.6) is 0 Å². The molecule has 0 aliphatic carbocycles. The second-order valence-electron chi connectivity index (χ2n) is 2.74. The van der Waals surface area contributed by atoms with E-state index in [0.29, 0.717) is 10.9 Å². The monoisotopic (exact) mass is 211 g/mol. The Labute approximate surface area is 86.3 Å². The smallest absolute Gasteiger partial charge is 0.0744 e. The summed E-state index contributed by atoms with van der Waals surface area (Å²) in [5.41, 5.74) is 1.67. The zero-order valence-corrected chi connectivity index (χ0v) is 8.31. The molecule has 1 aromatic carbocycles. The quantitative estimate of drug-likeness (QED) is 0.657. The summed E-state index contributed by atoms with van der Waals surface area (Å²) in [7, 11) is 0. The van der Waals surface area contributed by atoms with Gasteiger partial charge < -0.3 is 0 Å². The van der Waals surface area contributed by atoms with Crippen molar-refractivity contribution in [2.24, 2.45) is 0 Å². The Balaban J connectivity index is 2.74. The number of aromatic nitrogens is 1. The predicted molar refractivity (Wildman–Crippen MR) is 56.3 cm³/mol. The van der Waals surface area contributed by atoms with E-state index in [2.05, 4.69) is 4.98 Å². The van der Waals surface area contributed by atoms with Crippen molar-refractivity contribution in [3.63, 3.8) is 0 Å². The van der Waals surface area contributed by atoms with Gasteiger partial charge in [0, 0.05) is 5.39 Å². The summed E-state index contributed by atoms with van der Waals surface area (Å²) in [6.45, 7) is 0. The van der Waals surface area contributed by atoms with Gasteiger partial charge >= 0.3 is 0 Å². The molecule has 66 valence electrons. The van der Waals surface area contributed by atoms with E-state index in [0.717, 1.165) is 16.6 Å². The average Bonchev–Trinajstić information content (AvgIpc) is 2.17. The van der Waals surface area contributed by atoms with Crippen LogP contribution in [0.25, 0.3) is 10.9 Å². The molecule has 0 spiro atoms. The SMILES string of the molecule is ClCc1nc2ccccc2cc1Cl. The van der Waals surface area contributed by atoms with Gasteiger partial charge in [0.1, 0.15) is 0 Å². The molecule has 0 aliphatic heterocycles. The lowest BCUT2D eigenvalue weighted by Gasteiger charge is -2.01. The van der Waals surface area contributed by atoms with E-state index in [1.54, 1.807) is 0 Å². The Kier molecular flexibility index (Phi) is 2.38. The number of hydrogen-bond acceptors (Lipinski definition) is 1. The first kappa shape index (κ1) is 8.79. The maximum Gasteiger partial charge on any atom is 0.0744 e. The molecule has 3 heteroatoms. The Hall–Kier alpha value is -0.790. The molecule has 2 rings (SSSR count). The summed E-state index contributed by atoms with van der Waals surface area (Å²) in [5.74, 6) is 0.351. The molecule has 0 saturated heterocycles. The molecule has 0 amide bonds. The van der Waals surface area contributed by atoms with E-state index < -0.39 is 0 Å². The third-order valence-corrected chi connectivity index (χ3v) is 2.46. The highest BCUT2D eigenvalue weighted by Crippen LogP contribution is 2.21. The molecule has 0 radical (unpaired) electrons. The molecule has 2 aromatic rings. The second-order valence-corrected chi connectivity index (χ2v) is 3.42. The van der Waals surface area contributed by atoms with Gasteiger partial charge in [-0.3, -0.25) is 4.98 Å². The fourth-order valence-electron chi connectivity index (χ4n) is 1.22. The summed E-state index contributed by atoms with van der Waals surface area (Å²) >= 11 is 11.6. The van der Waals surface area contributed by atoms with E-state index in [1.165, 1.54) is 0 Å². The number of rotatable bonds is 1. The van der Waals surface area contributed by atoms with Crippen LogP contribution in [0, 0.1) is 0 Å². The molecule has 1 heterocycles. The predicted octanol–water partition coefficient (Wildman–Crippen LogP) is 3.63. The van der Waals surface area contributed by atoms with Crippen molar-refractivity contribution in [2.45, 2.75) is 5.88 Å². The molecule has 0 atom stereocenters. The van der Waals surface area contributed by atoms with Crippen molar-refractivity contribution in [1.29, 1.82) is 0 Å². The molecular weight excluding hydrogens is 205 g/mol. The van der Waals surface area contributed by atoms with Gasteiger partial charge in [-0.2, -0.15) is 0 Å². The molecule has 0 fully saturated rings. The summed E-state index contributed by atoms with van der Waals surface area (Å²) < 4.78 is 0. The average molecular weight is 212 g/mol. The normalized spacial score (nSPS) is 10.6. The Morgan fingerprint density at radius 1 is 1.23 bits per heavy atom. The number of halogens is 2.